The lowest BCUT2D eigenvalue weighted by Gasteiger charge is -2.36. The van der Waals surface area contributed by atoms with Gasteiger partial charge in [0.25, 0.3) is 0 Å². The lowest BCUT2D eigenvalue weighted by atomic mass is 9.72. The average Bonchev–Trinajstić information content (AvgIpc) is 2.97. The Balaban J connectivity index is 2.25. The molecule has 0 aliphatic heterocycles. The molecule has 2 heterocycles. The summed E-state index contributed by atoms with van der Waals surface area (Å²) in [7, 11) is 1.95. The molecule has 0 bridgehead atoms. The van der Waals surface area contributed by atoms with E-state index in [1.54, 1.807) is 0 Å². The van der Waals surface area contributed by atoms with Crippen molar-refractivity contribution in [2.45, 2.75) is 66.6 Å². The van der Waals surface area contributed by atoms with Gasteiger partial charge in [0, 0.05) is 24.0 Å². The van der Waals surface area contributed by atoms with Crippen molar-refractivity contribution >= 4 is 17.0 Å². The fourth-order valence-electron chi connectivity index (χ4n) is 4.05. The van der Waals surface area contributed by atoms with Gasteiger partial charge in [-0.15, -0.1) is 5.10 Å². The smallest absolute Gasteiger partial charge is 0.313 e. The first-order valence-corrected chi connectivity index (χ1v) is 10.6. The second kappa shape index (κ2) is 8.08. The third-order valence-corrected chi connectivity index (χ3v) is 5.75. The second-order valence-electron chi connectivity index (χ2n) is 9.89. The molecule has 6 heteroatoms. The molecular weight excluding hydrogens is 390 g/mol. The highest BCUT2D eigenvalue weighted by Gasteiger charge is 2.43. The number of aliphatic hydroxyl groups excluding tert-OH is 1. The number of aliphatic hydroxyl groups is 1. The molecule has 3 aromatic rings. The molecule has 0 saturated heterocycles. The number of nitrogens with zero attached hydrogens (tertiary/aromatic N) is 3. The summed E-state index contributed by atoms with van der Waals surface area (Å²) in [5.74, 6) is -0.587. The normalized spacial score (nSPS) is 13.5. The number of aryl methyl sites for hydroxylation is 3. The van der Waals surface area contributed by atoms with Crippen molar-refractivity contribution in [2.24, 2.45) is 12.5 Å². The number of aromatic nitrogens is 3. The summed E-state index contributed by atoms with van der Waals surface area (Å²) in [6.07, 6.45) is 0. The quantitative estimate of drug-likeness (QED) is 0.608. The minimum atomic E-state index is -0.875. The van der Waals surface area contributed by atoms with Crippen molar-refractivity contribution in [2.75, 3.05) is 0 Å². The zero-order valence-corrected chi connectivity index (χ0v) is 19.8. The van der Waals surface area contributed by atoms with Gasteiger partial charge in [-0.3, -0.25) is 4.79 Å². The molecule has 0 aliphatic carbocycles. The molecule has 0 amide bonds. The zero-order chi connectivity index (χ0) is 23.1. The number of esters is 1. The topological polar surface area (TPSA) is 77.2 Å². The van der Waals surface area contributed by atoms with Crippen LogP contribution in [0.4, 0.5) is 0 Å². The summed E-state index contributed by atoms with van der Waals surface area (Å²) in [5.41, 5.74) is 3.88. The predicted octanol–water partition coefficient (Wildman–Crippen LogP) is 4.58. The molecule has 1 atom stereocenters. The maximum absolute atomic E-state index is 13.4. The standard InChI is InChI=1S/C25H33N3O3/c1-15-9-10-17(12-19(15)14-29)21(25(6,7)23(30)31-24(3,4)5)20-13-18-11-16(2)26-27-22(18)28(20)8/h9-13,21,29H,14H2,1-8H3. The van der Waals surface area contributed by atoms with E-state index in [2.05, 4.69) is 16.3 Å². The van der Waals surface area contributed by atoms with Crippen LogP contribution in [0.2, 0.25) is 0 Å². The van der Waals surface area contributed by atoms with E-state index in [1.807, 2.05) is 84.3 Å². The van der Waals surface area contributed by atoms with Gasteiger partial charge >= 0.3 is 5.97 Å². The Morgan fingerprint density at radius 3 is 2.39 bits per heavy atom. The molecule has 2 aromatic heterocycles. The first-order valence-electron chi connectivity index (χ1n) is 10.6. The maximum Gasteiger partial charge on any atom is 0.313 e. The van der Waals surface area contributed by atoms with Gasteiger partial charge in [-0.25, -0.2) is 0 Å². The largest absolute Gasteiger partial charge is 0.460 e. The summed E-state index contributed by atoms with van der Waals surface area (Å²) in [4.78, 5) is 13.4. The van der Waals surface area contributed by atoms with Gasteiger partial charge < -0.3 is 14.4 Å². The molecule has 0 radical (unpaired) electrons. The second-order valence-corrected chi connectivity index (χ2v) is 9.89. The van der Waals surface area contributed by atoms with E-state index >= 15 is 0 Å². The Bertz CT molecular complexity index is 1120. The summed E-state index contributed by atoms with van der Waals surface area (Å²) in [6, 6.07) is 10.1. The molecule has 1 aromatic carbocycles. The minimum absolute atomic E-state index is 0.0565. The van der Waals surface area contributed by atoms with Gasteiger partial charge in [-0.2, -0.15) is 5.10 Å². The number of hydrogen-bond acceptors (Lipinski definition) is 5. The Hall–Kier alpha value is -2.73. The van der Waals surface area contributed by atoms with Gasteiger partial charge in [0.15, 0.2) is 5.65 Å². The van der Waals surface area contributed by atoms with E-state index in [4.69, 9.17) is 4.74 Å². The van der Waals surface area contributed by atoms with Crippen LogP contribution in [0.5, 0.6) is 0 Å². The van der Waals surface area contributed by atoms with E-state index in [0.717, 1.165) is 39.1 Å². The lowest BCUT2D eigenvalue weighted by Crippen LogP contribution is -2.39. The maximum atomic E-state index is 13.4. The minimum Gasteiger partial charge on any atom is -0.460 e. The van der Waals surface area contributed by atoms with Gasteiger partial charge in [-0.1, -0.05) is 18.2 Å². The molecular formula is C25H33N3O3. The van der Waals surface area contributed by atoms with Crippen molar-refractivity contribution in [3.05, 3.63) is 58.4 Å². The van der Waals surface area contributed by atoms with Crippen molar-refractivity contribution in [3.63, 3.8) is 0 Å². The van der Waals surface area contributed by atoms with Crippen molar-refractivity contribution in [1.29, 1.82) is 0 Å². The van der Waals surface area contributed by atoms with Crippen LogP contribution in [0.1, 0.15) is 68.6 Å². The van der Waals surface area contributed by atoms with Crippen molar-refractivity contribution in [3.8, 4) is 0 Å². The first-order chi connectivity index (χ1) is 14.3. The molecule has 31 heavy (non-hydrogen) atoms. The van der Waals surface area contributed by atoms with Crippen LogP contribution in [-0.4, -0.2) is 31.4 Å². The number of carbonyl (C=O) groups excluding carboxylic acids is 1. The number of hydrogen-bond donors (Lipinski definition) is 1. The molecule has 0 fully saturated rings. The third-order valence-electron chi connectivity index (χ3n) is 5.75. The molecule has 0 spiro atoms. The van der Waals surface area contributed by atoms with Crippen molar-refractivity contribution in [1.82, 2.24) is 14.8 Å². The highest BCUT2D eigenvalue weighted by Crippen LogP contribution is 2.44. The molecule has 0 aliphatic rings. The molecule has 6 nitrogen and oxygen atoms in total. The van der Waals surface area contributed by atoms with Crippen LogP contribution in [0, 0.1) is 19.3 Å². The van der Waals surface area contributed by atoms with Gasteiger partial charge in [-0.05, 0) is 77.3 Å². The fraction of sp³-hybridized carbons (Fsp3) is 0.480. The van der Waals surface area contributed by atoms with Crippen molar-refractivity contribution < 1.29 is 14.6 Å². The van der Waals surface area contributed by atoms with Crippen LogP contribution >= 0.6 is 0 Å². The van der Waals surface area contributed by atoms with Crippen LogP contribution < -0.4 is 0 Å². The van der Waals surface area contributed by atoms with Crippen LogP contribution in [0.15, 0.2) is 30.3 Å². The highest BCUT2D eigenvalue weighted by molar-refractivity contribution is 5.81. The molecule has 1 unspecified atom stereocenters. The van der Waals surface area contributed by atoms with Gasteiger partial charge in [0.1, 0.15) is 5.60 Å². The number of fused-ring (bicyclic) bond motifs is 1. The predicted molar refractivity (Wildman–Crippen MR) is 122 cm³/mol. The van der Waals surface area contributed by atoms with E-state index in [0.29, 0.717) is 0 Å². The fourth-order valence-corrected chi connectivity index (χ4v) is 4.05. The van der Waals surface area contributed by atoms with Crippen LogP contribution in [0.25, 0.3) is 11.0 Å². The molecule has 1 N–H and O–H groups in total. The zero-order valence-electron chi connectivity index (χ0n) is 19.8. The van der Waals surface area contributed by atoms with E-state index in [1.165, 1.54) is 0 Å². The Labute approximate surface area is 184 Å². The number of ether oxygens (including phenoxy) is 1. The summed E-state index contributed by atoms with van der Waals surface area (Å²) >= 11 is 0. The van der Waals surface area contributed by atoms with E-state index in [-0.39, 0.29) is 18.5 Å². The van der Waals surface area contributed by atoms with Gasteiger partial charge in [0.05, 0.1) is 17.7 Å². The molecule has 0 saturated carbocycles. The number of carbonyl (C=O) groups is 1. The molecule has 3 rings (SSSR count). The highest BCUT2D eigenvalue weighted by atomic mass is 16.6. The number of benzene rings is 1. The Morgan fingerprint density at radius 2 is 1.77 bits per heavy atom. The first kappa shape index (κ1) is 22.9. The van der Waals surface area contributed by atoms with Crippen LogP contribution in [-0.2, 0) is 23.2 Å². The van der Waals surface area contributed by atoms with Gasteiger partial charge in [0.2, 0.25) is 0 Å². The van der Waals surface area contributed by atoms with E-state index in [9.17, 15) is 9.90 Å². The summed E-state index contributed by atoms with van der Waals surface area (Å²) in [5, 5.41) is 19.4. The third kappa shape index (κ3) is 4.49. The van der Waals surface area contributed by atoms with E-state index < -0.39 is 11.0 Å². The summed E-state index contributed by atoms with van der Waals surface area (Å²) < 4.78 is 7.81. The summed E-state index contributed by atoms with van der Waals surface area (Å²) in [6.45, 7) is 13.3. The monoisotopic (exact) mass is 423 g/mol. The average molecular weight is 424 g/mol. The molecule has 166 valence electrons. The lowest BCUT2D eigenvalue weighted by molar-refractivity contribution is -0.166. The Kier molecular flexibility index (Phi) is 5.98. The Morgan fingerprint density at radius 1 is 1.10 bits per heavy atom. The van der Waals surface area contributed by atoms with Crippen LogP contribution in [0.3, 0.4) is 0 Å². The number of rotatable bonds is 5. The SMILES string of the molecule is Cc1cc2cc(C(c3ccc(C)c(CO)c3)C(C)(C)C(=O)OC(C)(C)C)n(C)c2nn1.